The minimum Gasteiger partial charge on any atom is -0.368 e. The highest BCUT2D eigenvalue weighted by atomic mass is 35.5. The second-order valence-electron chi connectivity index (χ2n) is 5.19. The van der Waals surface area contributed by atoms with Crippen molar-refractivity contribution >= 4 is 29.8 Å². The maximum Gasteiger partial charge on any atom is 0.130 e. The van der Waals surface area contributed by atoms with Crippen LogP contribution in [0, 0.1) is 0 Å². The number of hydrogen-bond acceptors (Lipinski definition) is 4. The molecule has 0 saturated carbocycles. The Morgan fingerprint density at radius 3 is 2.42 bits per heavy atom. The largest absolute Gasteiger partial charge is 0.368 e. The SMILES string of the molecule is Cl.NC(CNc1cc(-c2ccc(Cl)cc2)ncn1)c1ccccc1. The molecule has 0 spiro atoms. The van der Waals surface area contributed by atoms with Gasteiger partial charge in [0.2, 0.25) is 0 Å². The lowest BCUT2D eigenvalue weighted by Crippen LogP contribution is -2.20. The van der Waals surface area contributed by atoms with E-state index in [4.69, 9.17) is 17.3 Å². The zero-order valence-electron chi connectivity index (χ0n) is 12.9. The summed E-state index contributed by atoms with van der Waals surface area (Å²) in [5, 5.41) is 3.97. The Labute approximate surface area is 152 Å². The molecule has 0 fully saturated rings. The Morgan fingerprint density at radius 2 is 1.71 bits per heavy atom. The Balaban J connectivity index is 0.00000208. The topological polar surface area (TPSA) is 63.8 Å². The molecule has 3 N–H and O–H groups in total. The summed E-state index contributed by atoms with van der Waals surface area (Å²) in [5.41, 5.74) is 9.11. The maximum atomic E-state index is 6.19. The van der Waals surface area contributed by atoms with Crippen LogP contribution in [0.5, 0.6) is 0 Å². The lowest BCUT2D eigenvalue weighted by Gasteiger charge is -2.13. The molecule has 0 radical (unpaired) electrons. The van der Waals surface area contributed by atoms with Crippen molar-refractivity contribution in [1.82, 2.24) is 9.97 Å². The van der Waals surface area contributed by atoms with Crippen molar-refractivity contribution in [3.8, 4) is 11.3 Å². The van der Waals surface area contributed by atoms with Crippen molar-refractivity contribution in [3.05, 3.63) is 77.6 Å². The predicted octanol–water partition coefficient (Wildman–Crippen LogP) is 4.33. The summed E-state index contributed by atoms with van der Waals surface area (Å²) in [6, 6.07) is 19.4. The third-order valence-corrected chi connectivity index (χ3v) is 3.79. The highest BCUT2D eigenvalue weighted by Gasteiger charge is 2.06. The van der Waals surface area contributed by atoms with Gasteiger partial charge in [-0.1, -0.05) is 54.1 Å². The van der Waals surface area contributed by atoms with Gasteiger partial charge in [0, 0.05) is 29.2 Å². The van der Waals surface area contributed by atoms with Gasteiger partial charge in [0.1, 0.15) is 12.1 Å². The molecular weight excluding hydrogens is 343 g/mol. The fourth-order valence-corrected chi connectivity index (χ4v) is 2.39. The normalized spacial score (nSPS) is 11.4. The van der Waals surface area contributed by atoms with Crippen LogP contribution in [-0.4, -0.2) is 16.5 Å². The molecule has 0 amide bonds. The van der Waals surface area contributed by atoms with Crippen molar-refractivity contribution in [2.45, 2.75) is 6.04 Å². The van der Waals surface area contributed by atoms with Gasteiger partial charge in [0.25, 0.3) is 0 Å². The number of hydrogen-bond donors (Lipinski definition) is 2. The molecule has 124 valence electrons. The van der Waals surface area contributed by atoms with Crippen LogP contribution in [0.3, 0.4) is 0 Å². The van der Waals surface area contributed by atoms with Crippen molar-refractivity contribution in [3.63, 3.8) is 0 Å². The van der Waals surface area contributed by atoms with Crippen LogP contribution in [-0.2, 0) is 0 Å². The van der Waals surface area contributed by atoms with Gasteiger partial charge in [-0.15, -0.1) is 12.4 Å². The first-order valence-electron chi connectivity index (χ1n) is 7.35. The summed E-state index contributed by atoms with van der Waals surface area (Å²) >= 11 is 5.91. The Bertz CT molecular complexity index is 763. The lowest BCUT2D eigenvalue weighted by atomic mass is 10.1. The molecule has 2 aromatic carbocycles. The van der Waals surface area contributed by atoms with Crippen molar-refractivity contribution in [1.29, 1.82) is 0 Å². The number of aromatic nitrogens is 2. The zero-order chi connectivity index (χ0) is 16.1. The van der Waals surface area contributed by atoms with Gasteiger partial charge in [0.05, 0.1) is 5.69 Å². The molecular formula is C18H18Cl2N4. The summed E-state index contributed by atoms with van der Waals surface area (Å²) in [6.07, 6.45) is 1.54. The molecule has 1 unspecified atom stereocenters. The number of nitrogens with two attached hydrogens (primary N) is 1. The van der Waals surface area contributed by atoms with Gasteiger partial charge < -0.3 is 11.1 Å². The quantitative estimate of drug-likeness (QED) is 0.710. The summed E-state index contributed by atoms with van der Waals surface area (Å²) < 4.78 is 0. The van der Waals surface area contributed by atoms with Crippen LogP contribution in [0.2, 0.25) is 5.02 Å². The molecule has 0 saturated heterocycles. The first-order chi connectivity index (χ1) is 11.2. The summed E-state index contributed by atoms with van der Waals surface area (Å²) in [5.74, 6) is 0.747. The van der Waals surface area contributed by atoms with Gasteiger partial charge in [0.15, 0.2) is 0 Å². The standard InChI is InChI=1S/C18H17ClN4.ClH/c19-15-8-6-14(7-9-15)17-10-18(23-12-22-17)21-11-16(20)13-4-2-1-3-5-13;/h1-10,12,16H,11,20H2,(H,21,22,23);1H. The molecule has 0 aliphatic carbocycles. The number of nitrogens with one attached hydrogen (secondary N) is 1. The predicted molar refractivity (Wildman–Crippen MR) is 102 cm³/mol. The van der Waals surface area contributed by atoms with Crippen LogP contribution >= 0.6 is 24.0 Å². The van der Waals surface area contributed by atoms with Crippen LogP contribution in [0.15, 0.2) is 67.0 Å². The zero-order valence-corrected chi connectivity index (χ0v) is 14.5. The number of nitrogens with zero attached hydrogens (tertiary/aromatic N) is 2. The van der Waals surface area contributed by atoms with Gasteiger partial charge in [-0.25, -0.2) is 9.97 Å². The molecule has 0 aliphatic rings. The Hall–Kier alpha value is -2.14. The van der Waals surface area contributed by atoms with Crippen molar-refractivity contribution < 1.29 is 0 Å². The molecule has 24 heavy (non-hydrogen) atoms. The average molecular weight is 361 g/mol. The maximum absolute atomic E-state index is 6.19. The minimum atomic E-state index is -0.0925. The highest BCUT2D eigenvalue weighted by Crippen LogP contribution is 2.21. The molecule has 0 bridgehead atoms. The van der Waals surface area contributed by atoms with E-state index in [2.05, 4.69) is 15.3 Å². The first-order valence-corrected chi connectivity index (χ1v) is 7.72. The van der Waals surface area contributed by atoms with Crippen LogP contribution < -0.4 is 11.1 Å². The van der Waals surface area contributed by atoms with E-state index >= 15 is 0 Å². The fourth-order valence-electron chi connectivity index (χ4n) is 2.27. The number of halogens is 2. The molecule has 4 nitrogen and oxygen atoms in total. The third-order valence-electron chi connectivity index (χ3n) is 3.54. The van der Waals surface area contributed by atoms with E-state index in [0.717, 1.165) is 22.6 Å². The highest BCUT2D eigenvalue weighted by molar-refractivity contribution is 6.30. The van der Waals surface area contributed by atoms with Crippen LogP contribution in [0.4, 0.5) is 5.82 Å². The molecule has 1 atom stereocenters. The molecule has 3 rings (SSSR count). The minimum absolute atomic E-state index is 0. The number of rotatable bonds is 5. The second kappa shape index (κ2) is 8.64. The Morgan fingerprint density at radius 1 is 1.00 bits per heavy atom. The molecule has 3 aromatic rings. The van der Waals surface area contributed by atoms with E-state index in [1.54, 1.807) is 6.33 Å². The monoisotopic (exact) mass is 360 g/mol. The van der Waals surface area contributed by atoms with Crippen LogP contribution in [0.25, 0.3) is 11.3 Å². The second-order valence-corrected chi connectivity index (χ2v) is 5.63. The first kappa shape index (κ1) is 18.2. The lowest BCUT2D eigenvalue weighted by molar-refractivity contribution is 0.761. The van der Waals surface area contributed by atoms with E-state index in [-0.39, 0.29) is 18.4 Å². The van der Waals surface area contributed by atoms with Crippen molar-refractivity contribution in [2.24, 2.45) is 5.73 Å². The van der Waals surface area contributed by atoms with Gasteiger partial charge in [-0.3, -0.25) is 0 Å². The summed E-state index contributed by atoms with van der Waals surface area (Å²) in [6.45, 7) is 0.598. The number of anilines is 1. The average Bonchev–Trinajstić information content (AvgIpc) is 2.61. The smallest absolute Gasteiger partial charge is 0.130 e. The van der Waals surface area contributed by atoms with E-state index < -0.39 is 0 Å². The van der Waals surface area contributed by atoms with E-state index in [0.29, 0.717) is 11.6 Å². The van der Waals surface area contributed by atoms with E-state index in [9.17, 15) is 0 Å². The summed E-state index contributed by atoms with van der Waals surface area (Å²) in [4.78, 5) is 8.54. The summed E-state index contributed by atoms with van der Waals surface area (Å²) in [7, 11) is 0. The van der Waals surface area contributed by atoms with Gasteiger partial charge in [-0.2, -0.15) is 0 Å². The van der Waals surface area contributed by atoms with Crippen molar-refractivity contribution in [2.75, 3.05) is 11.9 Å². The molecule has 6 heteroatoms. The fraction of sp³-hybridized carbons (Fsp3) is 0.111. The Kier molecular flexibility index (Phi) is 6.55. The van der Waals surface area contributed by atoms with E-state index in [1.807, 2.05) is 60.7 Å². The molecule has 1 aromatic heterocycles. The molecule has 1 heterocycles. The van der Waals surface area contributed by atoms with Gasteiger partial charge in [-0.05, 0) is 17.7 Å². The number of benzene rings is 2. The van der Waals surface area contributed by atoms with Gasteiger partial charge >= 0.3 is 0 Å². The molecule has 0 aliphatic heterocycles. The third kappa shape index (κ3) is 4.68. The van der Waals surface area contributed by atoms with Crippen LogP contribution in [0.1, 0.15) is 11.6 Å². The van der Waals surface area contributed by atoms with E-state index in [1.165, 1.54) is 0 Å².